The molecule has 0 saturated carbocycles. The van der Waals surface area contributed by atoms with Crippen LogP contribution in [0.2, 0.25) is 0 Å². The normalized spacial score (nSPS) is 15.3. The third-order valence-corrected chi connectivity index (χ3v) is 3.67. The van der Waals surface area contributed by atoms with Crippen LogP contribution in [0.15, 0.2) is 30.4 Å². The summed E-state index contributed by atoms with van der Waals surface area (Å²) in [7, 11) is 0. The number of amides is 1. The van der Waals surface area contributed by atoms with E-state index in [0.29, 0.717) is 12.6 Å². The van der Waals surface area contributed by atoms with Crippen molar-refractivity contribution in [2.75, 3.05) is 26.2 Å². The summed E-state index contributed by atoms with van der Waals surface area (Å²) in [4.78, 5) is 24.9. The van der Waals surface area contributed by atoms with Crippen LogP contribution >= 0.6 is 0 Å². The molecular weight excluding hydrogens is 325 g/mol. The molecule has 2 N–H and O–H groups in total. The Balaban J connectivity index is 2.07. The van der Waals surface area contributed by atoms with Crippen LogP contribution in [0.5, 0.6) is 0 Å². The smallest absolute Gasteiger partial charge is 0.417 e. The van der Waals surface area contributed by atoms with E-state index in [2.05, 4.69) is 16.3 Å². The van der Waals surface area contributed by atoms with E-state index in [0.717, 1.165) is 31.6 Å². The average molecular weight is 342 g/mol. The van der Waals surface area contributed by atoms with Crippen LogP contribution in [0, 0.1) is 0 Å². The third kappa shape index (κ3) is 4.58. The van der Waals surface area contributed by atoms with Gasteiger partial charge in [0, 0.05) is 26.2 Å². The summed E-state index contributed by atoms with van der Waals surface area (Å²) < 4.78 is 39.2. The minimum Gasteiger partial charge on any atom is -0.478 e. The molecule has 1 aliphatic heterocycles. The monoisotopic (exact) mass is 342 g/mol. The molecule has 8 heteroatoms. The quantitative estimate of drug-likeness (QED) is 0.806. The number of alkyl halides is 3. The van der Waals surface area contributed by atoms with Gasteiger partial charge in [-0.1, -0.05) is 12.2 Å². The zero-order chi connectivity index (χ0) is 17.7. The van der Waals surface area contributed by atoms with Gasteiger partial charge in [-0.25, -0.2) is 4.79 Å². The minimum absolute atomic E-state index is 0.213. The number of hydrogen-bond donors (Lipinski definition) is 2. The van der Waals surface area contributed by atoms with Gasteiger partial charge in [0.2, 0.25) is 0 Å². The second-order valence-corrected chi connectivity index (χ2v) is 5.38. The zero-order valence-corrected chi connectivity index (χ0v) is 12.8. The Bertz CT molecular complexity index is 656. The van der Waals surface area contributed by atoms with E-state index < -0.39 is 34.7 Å². The highest BCUT2D eigenvalue weighted by molar-refractivity contribution is 5.97. The van der Waals surface area contributed by atoms with E-state index in [-0.39, 0.29) is 6.54 Å². The molecule has 2 rings (SSSR count). The fraction of sp³-hybridized carbons (Fsp3) is 0.375. The predicted molar refractivity (Wildman–Crippen MR) is 80.9 cm³/mol. The molecule has 0 fully saturated rings. The predicted octanol–water partition coefficient (Wildman–Crippen LogP) is 2.40. The maximum atomic E-state index is 13.1. The van der Waals surface area contributed by atoms with Crippen LogP contribution < -0.4 is 5.32 Å². The Hall–Kier alpha value is -2.35. The van der Waals surface area contributed by atoms with Crippen molar-refractivity contribution in [3.05, 3.63) is 47.0 Å². The number of hydrogen-bond acceptors (Lipinski definition) is 3. The number of rotatable bonds is 5. The molecule has 1 aliphatic rings. The maximum absolute atomic E-state index is 13.1. The first kappa shape index (κ1) is 18.0. The molecular formula is C16H17F3N2O3. The summed E-state index contributed by atoms with van der Waals surface area (Å²) in [6.07, 6.45) is 0.144. The van der Waals surface area contributed by atoms with Crippen molar-refractivity contribution in [3.63, 3.8) is 0 Å². The van der Waals surface area contributed by atoms with Crippen molar-refractivity contribution in [2.24, 2.45) is 0 Å². The molecule has 0 saturated heterocycles. The summed E-state index contributed by atoms with van der Waals surface area (Å²) in [6.45, 7) is 2.33. The van der Waals surface area contributed by atoms with Gasteiger partial charge in [0.1, 0.15) is 0 Å². The summed E-state index contributed by atoms with van der Waals surface area (Å²) in [6, 6.07) is 2.36. The molecule has 1 amide bonds. The molecule has 0 spiro atoms. The lowest BCUT2D eigenvalue weighted by Gasteiger charge is -2.23. The Morgan fingerprint density at radius 2 is 2.00 bits per heavy atom. The molecule has 0 atom stereocenters. The first-order valence-electron chi connectivity index (χ1n) is 7.39. The Labute approximate surface area is 136 Å². The molecule has 1 aromatic rings. The largest absolute Gasteiger partial charge is 0.478 e. The van der Waals surface area contributed by atoms with Crippen molar-refractivity contribution < 1.29 is 27.9 Å². The average Bonchev–Trinajstić information content (AvgIpc) is 2.54. The van der Waals surface area contributed by atoms with E-state index in [1.807, 2.05) is 6.08 Å². The lowest BCUT2D eigenvalue weighted by molar-refractivity contribution is -0.137. The van der Waals surface area contributed by atoms with Crippen molar-refractivity contribution in [3.8, 4) is 0 Å². The van der Waals surface area contributed by atoms with E-state index in [4.69, 9.17) is 5.11 Å². The summed E-state index contributed by atoms with van der Waals surface area (Å²) >= 11 is 0. The van der Waals surface area contributed by atoms with Gasteiger partial charge >= 0.3 is 12.1 Å². The highest BCUT2D eigenvalue weighted by Crippen LogP contribution is 2.32. The highest BCUT2D eigenvalue weighted by atomic mass is 19.4. The highest BCUT2D eigenvalue weighted by Gasteiger charge is 2.36. The lowest BCUT2D eigenvalue weighted by Crippen LogP contribution is -2.37. The molecule has 0 unspecified atom stereocenters. The molecule has 0 aliphatic carbocycles. The first-order valence-corrected chi connectivity index (χ1v) is 7.39. The fourth-order valence-corrected chi connectivity index (χ4v) is 2.43. The Morgan fingerprint density at radius 3 is 2.58 bits per heavy atom. The third-order valence-electron chi connectivity index (χ3n) is 3.67. The Kier molecular flexibility index (Phi) is 5.61. The van der Waals surface area contributed by atoms with Crippen molar-refractivity contribution >= 4 is 11.9 Å². The zero-order valence-electron chi connectivity index (χ0n) is 12.8. The molecule has 0 aromatic heterocycles. The number of carbonyl (C=O) groups excluding carboxylic acids is 1. The van der Waals surface area contributed by atoms with Crippen molar-refractivity contribution in [1.29, 1.82) is 0 Å². The second-order valence-electron chi connectivity index (χ2n) is 5.38. The van der Waals surface area contributed by atoms with Gasteiger partial charge in [0.25, 0.3) is 5.91 Å². The standard InChI is InChI=1S/C16H17F3N2O3/c17-16(18,19)13-10-11(15(23)24)4-5-12(13)14(22)20-6-9-21-7-2-1-3-8-21/h1-2,4-5,10H,3,6-9H2,(H,20,22)(H,23,24). The molecule has 24 heavy (non-hydrogen) atoms. The number of carboxylic acid groups (broad SMARTS) is 1. The van der Waals surface area contributed by atoms with Gasteiger partial charge in [-0.3, -0.25) is 9.69 Å². The SMILES string of the molecule is O=C(O)c1ccc(C(=O)NCCN2CC=CCC2)c(C(F)(F)F)c1. The van der Waals surface area contributed by atoms with E-state index in [9.17, 15) is 22.8 Å². The number of nitrogens with zero attached hydrogens (tertiary/aromatic N) is 1. The number of aromatic carboxylic acids is 1. The van der Waals surface area contributed by atoms with E-state index in [1.165, 1.54) is 0 Å². The number of halogens is 3. The van der Waals surface area contributed by atoms with Gasteiger partial charge in [0.05, 0.1) is 16.7 Å². The van der Waals surface area contributed by atoms with Crippen LogP contribution in [0.1, 0.15) is 32.7 Å². The molecule has 5 nitrogen and oxygen atoms in total. The lowest BCUT2D eigenvalue weighted by atomic mass is 10.0. The number of carboxylic acids is 1. The van der Waals surface area contributed by atoms with Crippen LogP contribution in [0.25, 0.3) is 0 Å². The van der Waals surface area contributed by atoms with E-state index in [1.54, 1.807) is 0 Å². The molecule has 130 valence electrons. The van der Waals surface area contributed by atoms with E-state index >= 15 is 0 Å². The molecule has 0 bridgehead atoms. The summed E-state index contributed by atoms with van der Waals surface area (Å²) in [5.41, 5.74) is -2.34. The molecule has 0 radical (unpaired) electrons. The molecule has 1 aromatic carbocycles. The van der Waals surface area contributed by atoms with Crippen LogP contribution in [-0.4, -0.2) is 48.1 Å². The van der Waals surface area contributed by atoms with Crippen LogP contribution in [0.4, 0.5) is 13.2 Å². The number of nitrogens with one attached hydrogen (secondary N) is 1. The minimum atomic E-state index is -4.81. The van der Waals surface area contributed by atoms with Crippen molar-refractivity contribution in [2.45, 2.75) is 12.6 Å². The molecule has 1 heterocycles. The Morgan fingerprint density at radius 1 is 1.25 bits per heavy atom. The first-order chi connectivity index (χ1) is 11.3. The fourth-order valence-electron chi connectivity index (χ4n) is 2.43. The maximum Gasteiger partial charge on any atom is 0.417 e. The topological polar surface area (TPSA) is 69.6 Å². The number of carbonyl (C=O) groups is 2. The van der Waals surface area contributed by atoms with Gasteiger partial charge in [-0.2, -0.15) is 13.2 Å². The van der Waals surface area contributed by atoms with Gasteiger partial charge in [-0.05, 0) is 24.6 Å². The second kappa shape index (κ2) is 7.48. The van der Waals surface area contributed by atoms with Crippen LogP contribution in [-0.2, 0) is 6.18 Å². The van der Waals surface area contributed by atoms with Gasteiger partial charge < -0.3 is 10.4 Å². The van der Waals surface area contributed by atoms with Crippen molar-refractivity contribution in [1.82, 2.24) is 10.2 Å². The summed E-state index contributed by atoms with van der Waals surface area (Å²) in [5, 5.41) is 11.3. The number of benzene rings is 1. The van der Waals surface area contributed by atoms with Crippen LogP contribution in [0.3, 0.4) is 0 Å². The van der Waals surface area contributed by atoms with Gasteiger partial charge in [-0.15, -0.1) is 0 Å². The van der Waals surface area contributed by atoms with Gasteiger partial charge in [0.15, 0.2) is 0 Å². The summed E-state index contributed by atoms with van der Waals surface area (Å²) in [5.74, 6) is -2.35.